The molecule has 0 spiro atoms. The molecule has 1 saturated heterocycles. The van der Waals surface area contributed by atoms with Crippen molar-refractivity contribution in [3.63, 3.8) is 0 Å². The smallest absolute Gasteiger partial charge is 0.317 e. The number of carbonyl (C=O) groups excluding carboxylic acids is 1. The van der Waals surface area contributed by atoms with Crippen molar-refractivity contribution in [1.82, 2.24) is 20.4 Å². The largest absolute Gasteiger partial charge is 0.352 e. The van der Waals surface area contributed by atoms with Crippen molar-refractivity contribution < 1.29 is 4.79 Å². The molecular weight excluding hydrogens is 278 g/mol. The Morgan fingerprint density at radius 1 is 1.50 bits per heavy atom. The van der Waals surface area contributed by atoms with Gasteiger partial charge in [0.1, 0.15) is 0 Å². The lowest BCUT2D eigenvalue weighted by atomic mass is 10.1. The molecule has 0 radical (unpaired) electrons. The predicted molar refractivity (Wildman–Crippen MR) is 89.2 cm³/mol. The molecule has 6 heteroatoms. The Morgan fingerprint density at radius 3 is 2.82 bits per heavy atom. The molecule has 1 aromatic heterocycles. The van der Waals surface area contributed by atoms with Gasteiger partial charge in [0, 0.05) is 44.0 Å². The normalized spacial score (nSPS) is 16.5. The van der Waals surface area contributed by atoms with Crippen molar-refractivity contribution in [3.8, 4) is 0 Å². The van der Waals surface area contributed by atoms with Gasteiger partial charge in [-0.1, -0.05) is 6.08 Å². The lowest BCUT2D eigenvalue weighted by molar-refractivity contribution is 0.190. The van der Waals surface area contributed by atoms with Crippen molar-refractivity contribution in [2.24, 2.45) is 0 Å². The van der Waals surface area contributed by atoms with Gasteiger partial charge < -0.3 is 15.1 Å². The number of amides is 2. The van der Waals surface area contributed by atoms with Crippen LogP contribution in [0.2, 0.25) is 0 Å². The van der Waals surface area contributed by atoms with Gasteiger partial charge in [0.25, 0.3) is 0 Å². The maximum Gasteiger partial charge on any atom is 0.317 e. The van der Waals surface area contributed by atoms with E-state index < -0.39 is 0 Å². The Kier molecular flexibility index (Phi) is 5.86. The number of H-pyrrole nitrogens is 1. The van der Waals surface area contributed by atoms with Crippen molar-refractivity contribution >= 4 is 11.8 Å². The summed E-state index contributed by atoms with van der Waals surface area (Å²) in [5, 5.41) is 10.3. The molecule has 122 valence electrons. The highest BCUT2D eigenvalue weighted by atomic mass is 16.2. The summed E-state index contributed by atoms with van der Waals surface area (Å²) >= 11 is 0. The predicted octanol–water partition coefficient (Wildman–Crippen LogP) is 2.29. The molecule has 2 N–H and O–H groups in total. The second kappa shape index (κ2) is 7.87. The van der Waals surface area contributed by atoms with E-state index in [2.05, 4.69) is 33.9 Å². The number of aryl methyl sites for hydroxylation is 1. The zero-order valence-corrected chi connectivity index (χ0v) is 13.6. The van der Waals surface area contributed by atoms with Crippen LogP contribution in [-0.2, 0) is 0 Å². The average Bonchev–Trinajstić information content (AvgIpc) is 2.94. The number of hydrogen-bond donors (Lipinski definition) is 2. The van der Waals surface area contributed by atoms with Crippen LogP contribution in [0.15, 0.2) is 18.7 Å². The Hall–Kier alpha value is -1.98. The van der Waals surface area contributed by atoms with Crippen molar-refractivity contribution in [2.45, 2.75) is 39.2 Å². The van der Waals surface area contributed by atoms with Crippen LogP contribution < -0.4 is 10.2 Å². The first-order valence-corrected chi connectivity index (χ1v) is 8.03. The topological polar surface area (TPSA) is 64.3 Å². The van der Waals surface area contributed by atoms with Gasteiger partial charge in [-0.25, -0.2) is 4.79 Å². The van der Waals surface area contributed by atoms with E-state index in [4.69, 9.17) is 0 Å². The van der Waals surface area contributed by atoms with Gasteiger partial charge >= 0.3 is 6.03 Å². The van der Waals surface area contributed by atoms with E-state index in [1.807, 2.05) is 24.0 Å². The first-order valence-electron chi connectivity index (χ1n) is 8.03. The van der Waals surface area contributed by atoms with Crippen molar-refractivity contribution in [1.29, 1.82) is 0 Å². The molecule has 1 aromatic rings. The zero-order chi connectivity index (χ0) is 15.9. The number of allylic oxidation sites excluding steroid dienone is 1. The summed E-state index contributed by atoms with van der Waals surface area (Å²) in [6, 6.07) is 2.29. The summed E-state index contributed by atoms with van der Waals surface area (Å²) < 4.78 is 0. The van der Waals surface area contributed by atoms with Gasteiger partial charge in [-0.3, -0.25) is 5.10 Å². The van der Waals surface area contributed by atoms with Crippen LogP contribution in [0.5, 0.6) is 0 Å². The highest BCUT2D eigenvalue weighted by Gasteiger charge is 2.23. The monoisotopic (exact) mass is 305 g/mol. The van der Waals surface area contributed by atoms with E-state index in [1.54, 1.807) is 0 Å². The SMILES string of the molecule is C=CCCC[C@@H](C)NC(=O)N1CCN(c2cc(C)[nH]n2)CC1. The molecule has 0 bridgehead atoms. The fourth-order valence-electron chi connectivity index (χ4n) is 2.65. The van der Waals surface area contributed by atoms with Gasteiger partial charge in [0.15, 0.2) is 5.82 Å². The fraction of sp³-hybridized carbons (Fsp3) is 0.625. The number of nitrogens with one attached hydrogen (secondary N) is 2. The van der Waals surface area contributed by atoms with Crippen LogP contribution in [0, 0.1) is 6.92 Å². The van der Waals surface area contributed by atoms with E-state index in [1.165, 1.54) is 0 Å². The molecule has 1 fully saturated rings. The number of aromatic nitrogens is 2. The Bertz CT molecular complexity index is 490. The van der Waals surface area contributed by atoms with E-state index in [0.29, 0.717) is 0 Å². The van der Waals surface area contributed by atoms with Crippen LogP contribution in [0.25, 0.3) is 0 Å². The van der Waals surface area contributed by atoms with Gasteiger partial charge in [0.05, 0.1) is 0 Å². The second-order valence-electron chi connectivity index (χ2n) is 5.95. The molecule has 6 nitrogen and oxygen atoms in total. The highest BCUT2D eigenvalue weighted by molar-refractivity contribution is 5.74. The summed E-state index contributed by atoms with van der Waals surface area (Å²) in [5.41, 5.74) is 1.06. The lowest BCUT2D eigenvalue weighted by Crippen LogP contribution is -2.53. The third-order valence-corrected chi connectivity index (χ3v) is 4.00. The van der Waals surface area contributed by atoms with Crippen LogP contribution in [0.3, 0.4) is 0 Å². The first-order chi connectivity index (χ1) is 10.6. The summed E-state index contributed by atoms with van der Waals surface area (Å²) in [6.45, 7) is 10.9. The van der Waals surface area contributed by atoms with Crippen LogP contribution in [-0.4, -0.2) is 53.3 Å². The zero-order valence-electron chi connectivity index (χ0n) is 13.6. The number of piperazine rings is 1. The van der Waals surface area contributed by atoms with E-state index in [9.17, 15) is 4.79 Å². The minimum atomic E-state index is 0.0453. The molecule has 0 unspecified atom stereocenters. The molecule has 2 heterocycles. The molecule has 2 rings (SSSR count). The Labute approximate surface area is 132 Å². The molecule has 1 atom stereocenters. The highest BCUT2D eigenvalue weighted by Crippen LogP contribution is 2.14. The molecule has 22 heavy (non-hydrogen) atoms. The summed E-state index contributed by atoms with van der Waals surface area (Å²) in [6.07, 6.45) is 4.98. The van der Waals surface area contributed by atoms with Crippen molar-refractivity contribution in [3.05, 3.63) is 24.4 Å². The number of carbonyl (C=O) groups is 1. The maximum atomic E-state index is 12.2. The molecular formula is C16H27N5O. The standard InChI is InChI=1S/C16H27N5O/c1-4-5-6-7-13(2)17-16(22)21-10-8-20(9-11-21)15-12-14(3)18-19-15/h4,12-13H,1,5-11H2,2-3H3,(H,17,22)(H,18,19)/t13-/m1/s1. The summed E-state index contributed by atoms with van der Waals surface area (Å²) in [7, 11) is 0. The van der Waals surface area contributed by atoms with E-state index in [-0.39, 0.29) is 12.1 Å². The Balaban J connectivity index is 1.73. The van der Waals surface area contributed by atoms with Crippen molar-refractivity contribution in [2.75, 3.05) is 31.1 Å². The number of rotatable bonds is 6. The molecule has 0 saturated carbocycles. The van der Waals surface area contributed by atoms with E-state index in [0.717, 1.165) is 57.0 Å². The minimum absolute atomic E-state index is 0.0453. The molecule has 1 aliphatic rings. The third-order valence-electron chi connectivity index (χ3n) is 4.00. The first kappa shape index (κ1) is 16.4. The quantitative estimate of drug-likeness (QED) is 0.626. The number of aromatic amines is 1. The molecule has 0 aromatic carbocycles. The molecule has 0 aliphatic carbocycles. The summed E-state index contributed by atoms with van der Waals surface area (Å²) in [4.78, 5) is 16.3. The van der Waals surface area contributed by atoms with E-state index >= 15 is 0 Å². The number of unbranched alkanes of at least 4 members (excludes halogenated alkanes) is 1. The van der Waals surface area contributed by atoms with Crippen LogP contribution in [0.1, 0.15) is 31.9 Å². The van der Waals surface area contributed by atoms with Gasteiger partial charge in [-0.2, -0.15) is 5.10 Å². The second-order valence-corrected chi connectivity index (χ2v) is 5.95. The fourth-order valence-corrected chi connectivity index (χ4v) is 2.65. The number of urea groups is 1. The van der Waals surface area contributed by atoms with Gasteiger partial charge in [-0.15, -0.1) is 6.58 Å². The Morgan fingerprint density at radius 2 is 2.23 bits per heavy atom. The van der Waals surface area contributed by atoms with Gasteiger partial charge in [-0.05, 0) is 33.1 Å². The third kappa shape index (κ3) is 4.51. The molecule has 2 amide bonds. The van der Waals surface area contributed by atoms with Crippen LogP contribution in [0.4, 0.5) is 10.6 Å². The maximum absolute atomic E-state index is 12.2. The number of nitrogens with zero attached hydrogens (tertiary/aromatic N) is 3. The van der Waals surface area contributed by atoms with Crippen LogP contribution >= 0.6 is 0 Å². The average molecular weight is 305 g/mol. The molecule has 1 aliphatic heterocycles. The lowest BCUT2D eigenvalue weighted by Gasteiger charge is -2.35. The minimum Gasteiger partial charge on any atom is -0.352 e. The number of anilines is 1. The number of hydrogen-bond acceptors (Lipinski definition) is 3. The van der Waals surface area contributed by atoms with Gasteiger partial charge in [0.2, 0.25) is 0 Å². The summed E-state index contributed by atoms with van der Waals surface area (Å²) in [5.74, 6) is 0.968.